The van der Waals surface area contributed by atoms with Crippen molar-refractivity contribution in [3.63, 3.8) is 0 Å². The summed E-state index contributed by atoms with van der Waals surface area (Å²) in [5.74, 6) is 0.506. The van der Waals surface area contributed by atoms with Crippen molar-refractivity contribution >= 4 is 10.8 Å². The first-order valence-electron chi connectivity index (χ1n) is 7.40. The van der Waals surface area contributed by atoms with E-state index in [1.165, 1.54) is 11.1 Å². The molecule has 0 amide bonds. The molecule has 0 aromatic rings. The van der Waals surface area contributed by atoms with Gasteiger partial charge >= 0.3 is 0 Å². The van der Waals surface area contributed by atoms with Crippen molar-refractivity contribution < 1.29 is 8.95 Å². The summed E-state index contributed by atoms with van der Waals surface area (Å²) >= 11 is 0. The van der Waals surface area contributed by atoms with Gasteiger partial charge in [0.2, 0.25) is 0 Å². The molecule has 2 saturated heterocycles. The Bertz CT molecular complexity index is 424. The number of hydrogen-bond acceptors (Lipinski definition) is 2. The SMILES string of the molecule is CC(C)(C)C1=C(C(C)(C)C)[C@H]2[C@H]3CCO[C@H]3[C@@H]1S2=O. The molecule has 3 rings (SSSR count). The van der Waals surface area contributed by atoms with Crippen molar-refractivity contribution in [2.24, 2.45) is 16.7 Å². The molecule has 0 aliphatic carbocycles. The molecule has 1 unspecified atom stereocenters. The van der Waals surface area contributed by atoms with Crippen LogP contribution >= 0.6 is 0 Å². The van der Waals surface area contributed by atoms with Crippen LogP contribution < -0.4 is 0 Å². The van der Waals surface area contributed by atoms with Gasteiger partial charge in [-0.2, -0.15) is 0 Å². The minimum Gasteiger partial charge on any atom is -0.376 e. The number of ether oxygens (including phenoxy) is 1. The third kappa shape index (κ3) is 1.80. The topological polar surface area (TPSA) is 26.3 Å². The van der Waals surface area contributed by atoms with Gasteiger partial charge in [0, 0.05) is 23.3 Å². The van der Waals surface area contributed by atoms with Crippen LogP contribution in [0.1, 0.15) is 48.0 Å². The summed E-state index contributed by atoms with van der Waals surface area (Å²) in [4.78, 5) is 0. The second-order valence-corrected chi connectivity index (χ2v) is 9.96. The van der Waals surface area contributed by atoms with Gasteiger partial charge < -0.3 is 4.74 Å². The standard InChI is InChI=1S/C16H26O2S/c1-15(2,3)10-11(16(4,5)6)14-12-9(7-8-18-12)13(10)19(14)17/h9,12-14H,7-8H2,1-6H3/t9-,12+,13+,14+,19?/m0/s1. The molecular weight excluding hydrogens is 256 g/mol. The number of hydrogen-bond donors (Lipinski definition) is 0. The molecule has 0 N–H and O–H groups in total. The van der Waals surface area contributed by atoms with Gasteiger partial charge in [-0.3, -0.25) is 4.21 Å². The first kappa shape index (κ1) is 13.8. The van der Waals surface area contributed by atoms with Crippen LogP contribution in [-0.2, 0) is 15.5 Å². The maximum absolute atomic E-state index is 12.9. The summed E-state index contributed by atoms with van der Waals surface area (Å²) in [7, 11) is -0.762. The molecule has 3 heteroatoms. The lowest BCUT2D eigenvalue weighted by Gasteiger charge is -2.38. The van der Waals surface area contributed by atoms with Crippen LogP contribution in [-0.4, -0.2) is 27.4 Å². The lowest BCUT2D eigenvalue weighted by molar-refractivity contribution is 0.0920. The molecule has 3 aliphatic rings. The second kappa shape index (κ2) is 3.94. The maximum Gasteiger partial charge on any atom is 0.0836 e. The van der Waals surface area contributed by atoms with E-state index in [4.69, 9.17) is 4.74 Å². The molecule has 0 aromatic carbocycles. The lowest BCUT2D eigenvalue weighted by atomic mass is 9.66. The molecule has 0 saturated carbocycles. The molecule has 2 bridgehead atoms. The fraction of sp³-hybridized carbons (Fsp3) is 0.875. The summed E-state index contributed by atoms with van der Waals surface area (Å²) in [6, 6.07) is 0. The summed E-state index contributed by atoms with van der Waals surface area (Å²) < 4.78 is 18.8. The minimum atomic E-state index is -0.762. The van der Waals surface area contributed by atoms with Crippen molar-refractivity contribution in [1.29, 1.82) is 0 Å². The van der Waals surface area contributed by atoms with Gasteiger partial charge in [0.1, 0.15) is 0 Å². The third-order valence-corrected chi connectivity index (χ3v) is 6.94. The van der Waals surface area contributed by atoms with Crippen LogP contribution in [0.5, 0.6) is 0 Å². The zero-order valence-electron chi connectivity index (χ0n) is 12.9. The Hall–Kier alpha value is -0.150. The Labute approximate surface area is 119 Å². The van der Waals surface area contributed by atoms with Crippen molar-refractivity contribution in [2.75, 3.05) is 6.61 Å². The van der Waals surface area contributed by atoms with Gasteiger partial charge in [-0.05, 0) is 28.4 Å². The van der Waals surface area contributed by atoms with E-state index >= 15 is 0 Å². The quantitative estimate of drug-likeness (QED) is 0.637. The van der Waals surface area contributed by atoms with Crippen LogP contribution in [0.25, 0.3) is 0 Å². The average Bonchev–Trinajstić information content (AvgIpc) is 2.84. The van der Waals surface area contributed by atoms with Crippen molar-refractivity contribution in [2.45, 2.75) is 64.6 Å². The molecule has 2 fully saturated rings. The zero-order valence-corrected chi connectivity index (χ0v) is 13.8. The second-order valence-electron chi connectivity index (χ2n) is 8.29. The molecule has 0 spiro atoms. The molecule has 0 radical (unpaired) electrons. The minimum absolute atomic E-state index is 0.0919. The van der Waals surface area contributed by atoms with Crippen LogP contribution in [0.3, 0.4) is 0 Å². The van der Waals surface area contributed by atoms with Gasteiger partial charge in [0.25, 0.3) is 0 Å². The van der Waals surface area contributed by atoms with Crippen molar-refractivity contribution in [3.05, 3.63) is 11.1 Å². The number of rotatable bonds is 0. The van der Waals surface area contributed by atoms with Gasteiger partial charge in [0.05, 0.1) is 16.6 Å². The van der Waals surface area contributed by atoms with Gasteiger partial charge in [-0.1, -0.05) is 41.5 Å². The Balaban J connectivity index is 2.18. The van der Waals surface area contributed by atoms with Crippen LogP contribution in [0.4, 0.5) is 0 Å². The first-order chi connectivity index (χ1) is 8.64. The molecule has 0 aromatic heterocycles. The highest BCUT2D eigenvalue weighted by atomic mass is 32.2. The van der Waals surface area contributed by atoms with Crippen LogP contribution in [0.2, 0.25) is 0 Å². The molecule has 108 valence electrons. The monoisotopic (exact) mass is 282 g/mol. The highest BCUT2D eigenvalue weighted by Crippen LogP contribution is 2.58. The Morgan fingerprint density at radius 2 is 1.53 bits per heavy atom. The smallest absolute Gasteiger partial charge is 0.0836 e. The van der Waals surface area contributed by atoms with E-state index < -0.39 is 10.8 Å². The van der Waals surface area contributed by atoms with Crippen LogP contribution in [0.15, 0.2) is 11.1 Å². The zero-order chi connectivity index (χ0) is 14.2. The highest BCUT2D eigenvalue weighted by molar-refractivity contribution is 7.87. The Morgan fingerprint density at radius 1 is 1.00 bits per heavy atom. The van der Waals surface area contributed by atoms with Gasteiger partial charge in [-0.15, -0.1) is 0 Å². The van der Waals surface area contributed by atoms with Crippen LogP contribution in [0, 0.1) is 16.7 Å². The average molecular weight is 282 g/mol. The Morgan fingerprint density at radius 3 is 2.05 bits per heavy atom. The fourth-order valence-corrected chi connectivity index (χ4v) is 7.23. The van der Waals surface area contributed by atoms with Crippen molar-refractivity contribution in [1.82, 2.24) is 0 Å². The lowest BCUT2D eigenvalue weighted by Crippen LogP contribution is -2.38. The van der Waals surface area contributed by atoms with E-state index in [0.717, 1.165) is 13.0 Å². The van der Waals surface area contributed by atoms with E-state index in [2.05, 4.69) is 41.5 Å². The maximum atomic E-state index is 12.9. The van der Waals surface area contributed by atoms with Gasteiger partial charge in [0.15, 0.2) is 0 Å². The third-order valence-electron chi connectivity index (χ3n) is 4.85. The van der Waals surface area contributed by atoms with E-state index in [1.54, 1.807) is 0 Å². The normalized spacial score (nSPS) is 42.1. The summed E-state index contributed by atoms with van der Waals surface area (Å²) in [5.41, 5.74) is 3.13. The predicted octanol–water partition coefficient (Wildman–Crippen LogP) is 3.29. The molecule has 5 atom stereocenters. The van der Waals surface area contributed by atoms with E-state index in [9.17, 15) is 4.21 Å². The summed E-state index contributed by atoms with van der Waals surface area (Å²) in [5, 5.41) is 0.415. The summed E-state index contributed by atoms with van der Waals surface area (Å²) in [6.07, 6.45) is 1.32. The van der Waals surface area contributed by atoms with E-state index in [1.807, 2.05) is 0 Å². The highest BCUT2D eigenvalue weighted by Gasteiger charge is 2.62. The molecule has 19 heavy (non-hydrogen) atoms. The van der Waals surface area contributed by atoms with E-state index in [0.29, 0.717) is 5.92 Å². The molecule has 3 aliphatic heterocycles. The van der Waals surface area contributed by atoms with Gasteiger partial charge in [-0.25, -0.2) is 0 Å². The molecular formula is C16H26O2S. The summed E-state index contributed by atoms with van der Waals surface area (Å²) in [6.45, 7) is 14.5. The first-order valence-corrected chi connectivity index (χ1v) is 8.67. The number of fused-ring (bicyclic) bond motifs is 5. The largest absolute Gasteiger partial charge is 0.376 e. The Kier molecular flexibility index (Phi) is 2.87. The molecule has 2 nitrogen and oxygen atoms in total. The van der Waals surface area contributed by atoms with E-state index in [-0.39, 0.29) is 27.4 Å². The fourth-order valence-electron chi connectivity index (χ4n) is 4.30. The molecule has 3 heterocycles. The predicted molar refractivity (Wildman–Crippen MR) is 79.5 cm³/mol. The van der Waals surface area contributed by atoms with Crippen molar-refractivity contribution in [3.8, 4) is 0 Å².